The van der Waals surface area contributed by atoms with E-state index < -0.39 is 11.5 Å². The maximum Gasteiger partial charge on any atom is 0.227 e. The second-order valence-corrected chi connectivity index (χ2v) is 8.57. The first-order valence-electron chi connectivity index (χ1n) is 9.66. The summed E-state index contributed by atoms with van der Waals surface area (Å²) in [7, 11) is 0. The molecule has 1 aromatic carbocycles. The molecular formula is C20H23BrN4O3. The first-order chi connectivity index (χ1) is 13.5. The maximum absolute atomic E-state index is 13.1. The predicted octanol–water partition coefficient (Wildman–Crippen LogP) is 3.47. The molecule has 1 aliphatic heterocycles. The highest BCUT2D eigenvalue weighted by molar-refractivity contribution is 9.10. The summed E-state index contributed by atoms with van der Waals surface area (Å²) < 4.78 is 6.08. The van der Waals surface area contributed by atoms with Gasteiger partial charge in [0.2, 0.25) is 17.7 Å². The van der Waals surface area contributed by atoms with E-state index in [4.69, 9.17) is 4.52 Å². The molecule has 7 nitrogen and oxygen atoms in total. The van der Waals surface area contributed by atoms with Crippen molar-refractivity contribution < 1.29 is 14.1 Å². The molecule has 0 radical (unpaired) electrons. The molecule has 2 heterocycles. The molecule has 1 saturated carbocycles. The second kappa shape index (κ2) is 7.66. The van der Waals surface area contributed by atoms with E-state index in [1.807, 2.05) is 24.3 Å². The highest BCUT2D eigenvalue weighted by Gasteiger charge is 2.43. The van der Waals surface area contributed by atoms with Gasteiger partial charge in [-0.25, -0.2) is 0 Å². The molecule has 8 heteroatoms. The van der Waals surface area contributed by atoms with Gasteiger partial charge in [-0.1, -0.05) is 46.4 Å². The third-order valence-electron chi connectivity index (χ3n) is 5.64. The van der Waals surface area contributed by atoms with Crippen LogP contribution in [-0.2, 0) is 15.1 Å². The van der Waals surface area contributed by atoms with Gasteiger partial charge >= 0.3 is 0 Å². The Balaban J connectivity index is 1.51. The van der Waals surface area contributed by atoms with Gasteiger partial charge in [-0.15, -0.1) is 0 Å². The number of aryl methyl sites for hydroxylation is 1. The Morgan fingerprint density at radius 2 is 2.11 bits per heavy atom. The highest BCUT2D eigenvalue weighted by Crippen LogP contribution is 2.36. The van der Waals surface area contributed by atoms with Gasteiger partial charge < -0.3 is 14.7 Å². The molecule has 1 saturated heterocycles. The molecule has 0 spiro atoms. The van der Waals surface area contributed by atoms with Crippen LogP contribution in [-0.4, -0.2) is 28.5 Å². The third kappa shape index (κ3) is 3.70. The van der Waals surface area contributed by atoms with Crippen molar-refractivity contribution in [2.24, 2.45) is 5.92 Å². The number of aromatic nitrogens is 2. The number of rotatable bonds is 4. The first-order valence-corrected chi connectivity index (χ1v) is 10.4. The fourth-order valence-corrected chi connectivity index (χ4v) is 4.56. The number of nitrogens with one attached hydrogen (secondary N) is 1. The third-order valence-corrected chi connectivity index (χ3v) is 6.13. The van der Waals surface area contributed by atoms with Crippen LogP contribution in [0.1, 0.15) is 50.2 Å². The molecule has 1 aromatic heterocycles. The zero-order valence-corrected chi connectivity index (χ0v) is 17.4. The van der Waals surface area contributed by atoms with Crippen LogP contribution in [0.25, 0.3) is 0 Å². The van der Waals surface area contributed by atoms with Crippen LogP contribution < -0.4 is 10.2 Å². The van der Waals surface area contributed by atoms with Crippen molar-refractivity contribution in [1.82, 2.24) is 15.5 Å². The number of carbonyl (C=O) groups excluding carboxylic acids is 2. The summed E-state index contributed by atoms with van der Waals surface area (Å²) in [6, 6.07) is 7.57. The SMILES string of the molecule is Cc1nc(C2(NC(=O)C3CC(=O)N(c4cccc(Br)c4)C3)CCCCC2)no1. The van der Waals surface area contributed by atoms with Gasteiger partial charge in [-0.3, -0.25) is 9.59 Å². The van der Waals surface area contributed by atoms with Gasteiger partial charge in [-0.2, -0.15) is 4.98 Å². The van der Waals surface area contributed by atoms with E-state index in [1.54, 1.807) is 11.8 Å². The summed E-state index contributed by atoms with van der Waals surface area (Å²) in [4.78, 5) is 31.7. The van der Waals surface area contributed by atoms with E-state index in [0.717, 1.165) is 42.3 Å². The van der Waals surface area contributed by atoms with E-state index in [2.05, 4.69) is 31.4 Å². The average molecular weight is 447 g/mol. The standard InChI is InChI=1S/C20H23BrN4O3/c1-13-22-19(24-28-13)20(8-3-2-4-9-20)23-18(27)14-10-17(26)25(12-14)16-7-5-6-15(21)11-16/h5-7,11,14H,2-4,8-10,12H2,1H3,(H,23,27). The van der Waals surface area contributed by atoms with Crippen molar-refractivity contribution in [1.29, 1.82) is 0 Å². The minimum absolute atomic E-state index is 0.0358. The summed E-state index contributed by atoms with van der Waals surface area (Å²) in [5.41, 5.74) is 0.204. The molecule has 1 atom stereocenters. The number of hydrogen-bond donors (Lipinski definition) is 1. The monoisotopic (exact) mass is 446 g/mol. The van der Waals surface area contributed by atoms with E-state index in [1.165, 1.54) is 0 Å². The Hall–Kier alpha value is -2.22. The van der Waals surface area contributed by atoms with Crippen LogP contribution in [0.15, 0.2) is 33.3 Å². The fraction of sp³-hybridized carbons (Fsp3) is 0.500. The molecule has 28 heavy (non-hydrogen) atoms. The topological polar surface area (TPSA) is 88.3 Å². The van der Waals surface area contributed by atoms with Gasteiger partial charge in [-0.05, 0) is 31.0 Å². The van der Waals surface area contributed by atoms with E-state index in [0.29, 0.717) is 18.3 Å². The van der Waals surface area contributed by atoms with Crippen molar-refractivity contribution in [3.63, 3.8) is 0 Å². The van der Waals surface area contributed by atoms with E-state index >= 15 is 0 Å². The van der Waals surface area contributed by atoms with E-state index in [9.17, 15) is 9.59 Å². The molecule has 4 rings (SSSR count). The molecule has 2 aliphatic rings. The van der Waals surface area contributed by atoms with Crippen LogP contribution >= 0.6 is 15.9 Å². The lowest BCUT2D eigenvalue weighted by molar-refractivity contribution is -0.128. The Labute approximate surface area is 172 Å². The number of anilines is 1. The number of amides is 2. The van der Waals surface area contributed by atoms with Crippen molar-refractivity contribution in [2.75, 3.05) is 11.4 Å². The molecular weight excluding hydrogens is 424 g/mol. The second-order valence-electron chi connectivity index (χ2n) is 7.65. The number of halogens is 1. The molecule has 0 bridgehead atoms. The summed E-state index contributed by atoms with van der Waals surface area (Å²) in [5, 5.41) is 7.29. The van der Waals surface area contributed by atoms with Crippen molar-refractivity contribution in [3.05, 3.63) is 40.5 Å². The zero-order valence-electron chi connectivity index (χ0n) is 15.8. The lowest BCUT2D eigenvalue weighted by Gasteiger charge is -2.36. The van der Waals surface area contributed by atoms with Crippen molar-refractivity contribution >= 4 is 33.4 Å². The Kier molecular flexibility index (Phi) is 5.23. The molecule has 2 amide bonds. The van der Waals surface area contributed by atoms with Gasteiger partial charge in [0.15, 0.2) is 5.82 Å². The minimum atomic E-state index is -0.598. The number of nitrogens with zero attached hydrogens (tertiary/aromatic N) is 3. The molecule has 2 aromatic rings. The van der Waals surface area contributed by atoms with Crippen molar-refractivity contribution in [2.45, 2.75) is 51.0 Å². The van der Waals surface area contributed by atoms with Crippen LogP contribution in [0, 0.1) is 12.8 Å². The van der Waals surface area contributed by atoms with Crippen molar-refractivity contribution in [3.8, 4) is 0 Å². The summed E-state index contributed by atoms with van der Waals surface area (Å²) in [6.45, 7) is 2.13. The van der Waals surface area contributed by atoms with Crippen LogP contribution in [0.3, 0.4) is 0 Å². The first kappa shape index (κ1) is 19.1. The Morgan fingerprint density at radius 1 is 1.32 bits per heavy atom. The Bertz CT molecular complexity index is 891. The normalized spacial score (nSPS) is 21.7. The molecule has 148 valence electrons. The van der Waals surface area contributed by atoms with Gasteiger partial charge in [0.25, 0.3) is 0 Å². The van der Waals surface area contributed by atoms with Crippen LogP contribution in [0.5, 0.6) is 0 Å². The molecule has 2 fully saturated rings. The quantitative estimate of drug-likeness (QED) is 0.776. The summed E-state index contributed by atoms with van der Waals surface area (Å²) >= 11 is 3.43. The Morgan fingerprint density at radius 3 is 2.79 bits per heavy atom. The summed E-state index contributed by atoms with van der Waals surface area (Å²) in [6.07, 6.45) is 4.91. The minimum Gasteiger partial charge on any atom is -0.343 e. The maximum atomic E-state index is 13.1. The lowest BCUT2D eigenvalue weighted by Crippen LogP contribution is -2.50. The average Bonchev–Trinajstić information content (AvgIpc) is 3.29. The van der Waals surface area contributed by atoms with Crippen LogP contribution in [0.4, 0.5) is 5.69 Å². The highest BCUT2D eigenvalue weighted by atomic mass is 79.9. The number of hydrogen-bond acceptors (Lipinski definition) is 5. The molecule has 1 unspecified atom stereocenters. The fourth-order valence-electron chi connectivity index (χ4n) is 4.17. The summed E-state index contributed by atoms with van der Waals surface area (Å²) in [5.74, 6) is 0.497. The van der Waals surface area contributed by atoms with Crippen LogP contribution in [0.2, 0.25) is 0 Å². The number of carbonyl (C=O) groups is 2. The largest absolute Gasteiger partial charge is 0.343 e. The molecule has 1 aliphatic carbocycles. The van der Waals surface area contributed by atoms with Gasteiger partial charge in [0.1, 0.15) is 5.54 Å². The lowest BCUT2D eigenvalue weighted by atomic mass is 9.80. The zero-order chi connectivity index (χ0) is 19.7. The smallest absolute Gasteiger partial charge is 0.227 e. The van der Waals surface area contributed by atoms with Gasteiger partial charge in [0, 0.05) is 30.0 Å². The molecule has 1 N–H and O–H groups in total. The van der Waals surface area contributed by atoms with E-state index in [-0.39, 0.29) is 18.2 Å². The predicted molar refractivity (Wildman–Crippen MR) is 107 cm³/mol. The number of benzene rings is 1. The van der Waals surface area contributed by atoms with Gasteiger partial charge in [0.05, 0.1) is 5.92 Å².